The summed E-state index contributed by atoms with van der Waals surface area (Å²) in [6, 6.07) is 0. The largest absolute Gasteiger partial charge is 0.458 e. The molecule has 4 aliphatic rings. The van der Waals surface area contributed by atoms with E-state index in [1.807, 2.05) is 26.8 Å². The molecule has 2 saturated carbocycles. The van der Waals surface area contributed by atoms with E-state index in [2.05, 4.69) is 0 Å². The number of aliphatic hydroxyl groups is 3. The zero-order valence-electron chi connectivity index (χ0n) is 17.2. The number of hydrogen-bond acceptors (Lipinski definition) is 6. The first-order valence-electron chi connectivity index (χ1n) is 10.0. The first-order chi connectivity index (χ1) is 12.9. The van der Waals surface area contributed by atoms with Crippen LogP contribution < -0.4 is 0 Å². The Kier molecular flexibility index (Phi) is 3.93. The Balaban J connectivity index is 1.90. The van der Waals surface area contributed by atoms with Gasteiger partial charge in [-0.15, -0.1) is 0 Å². The Morgan fingerprint density at radius 3 is 2.50 bits per heavy atom. The number of carbonyl (C=O) groups excluding carboxylic acids is 2. The monoisotopic (exact) mass is 390 g/mol. The molecule has 6 nitrogen and oxygen atoms in total. The predicted molar refractivity (Wildman–Crippen MR) is 101 cm³/mol. The third-order valence-corrected chi connectivity index (χ3v) is 8.20. The molecule has 28 heavy (non-hydrogen) atoms. The number of ketones is 1. The highest BCUT2D eigenvalue weighted by molar-refractivity contribution is 6.04. The van der Waals surface area contributed by atoms with E-state index in [1.54, 1.807) is 13.0 Å². The Morgan fingerprint density at radius 1 is 1.29 bits per heavy atom. The van der Waals surface area contributed by atoms with Crippen LogP contribution in [0.25, 0.3) is 0 Å². The van der Waals surface area contributed by atoms with Gasteiger partial charge in [-0.3, -0.25) is 9.59 Å². The van der Waals surface area contributed by atoms with Gasteiger partial charge in [-0.05, 0) is 30.4 Å². The molecule has 154 valence electrons. The van der Waals surface area contributed by atoms with E-state index in [4.69, 9.17) is 4.74 Å². The first-order valence-corrected chi connectivity index (χ1v) is 10.0. The summed E-state index contributed by atoms with van der Waals surface area (Å²) in [5.41, 5.74) is -3.19. The number of Topliss-reactive ketones (excluding diaryl/α,β-unsaturated/α-hetero) is 1. The van der Waals surface area contributed by atoms with E-state index >= 15 is 0 Å². The van der Waals surface area contributed by atoms with Crippen LogP contribution in [0.15, 0.2) is 23.3 Å². The summed E-state index contributed by atoms with van der Waals surface area (Å²) in [7, 11) is 0. The lowest BCUT2D eigenvalue weighted by Crippen LogP contribution is -2.61. The van der Waals surface area contributed by atoms with Gasteiger partial charge in [0, 0.05) is 36.5 Å². The van der Waals surface area contributed by atoms with Crippen molar-refractivity contribution in [2.75, 3.05) is 6.61 Å². The summed E-state index contributed by atoms with van der Waals surface area (Å²) in [6.45, 7) is 8.72. The number of rotatable bonds is 2. The molecular weight excluding hydrogens is 360 g/mol. The highest BCUT2D eigenvalue weighted by Gasteiger charge is 2.83. The van der Waals surface area contributed by atoms with Crippen molar-refractivity contribution in [2.45, 2.75) is 64.3 Å². The second-order valence-electron chi connectivity index (χ2n) is 9.94. The van der Waals surface area contributed by atoms with E-state index in [9.17, 15) is 24.9 Å². The van der Waals surface area contributed by atoms with Gasteiger partial charge in [0.2, 0.25) is 0 Å². The molecule has 6 heteroatoms. The number of aliphatic hydroxyl groups excluding tert-OH is 1. The number of carbonyl (C=O) groups is 2. The van der Waals surface area contributed by atoms with Crippen LogP contribution in [-0.4, -0.2) is 50.5 Å². The number of esters is 1. The van der Waals surface area contributed by atoms with Crippen molar-refractivity contribution >= 4 is 11.8 Å². The minimum Gasteiger partial charge on any atom is -0.458 e. The van der Waals surface area contributed by atoms with Crippen LogP contribution in [0.4, 0.5) is 0 Å². The van der Waals surface area contributed by atoms with Crippen LogP contribution in [0.1, 0.15) is 47.5 Å². The molecule has 0 aliphatic heterocycles. The van der Waals surface area contributed by atoms with Crippen molar-refractivity contribution in [3.8, 4) is 0 Å². The molecule has 0 aromatic heterocycles. The van der Waals surface area contributed by atoms with Gasteiger partial charge >= 0.3 is 5.97 Å². The van der Waals surface area contributed by atoms with Crippen LogP contribution in [-0.2, 0) is 14.3 Å². The van der Waals surface area contributed by atoms with Gasteiger partial charge in [-0.25, -0.2) is 0 Å². The van der Waals surface area contributed by atoms with Crippen LogP contribution in [0.5, 0.6) is 0 Å². The summed E-state index contributed by atoms with van der Waals surface area (Å²) < 4.78 is 5.83. The van der Waals surface area contributed by atoms with E-state index in [1.165, 1.54) is 6.92 Å². The molecule has 0 radical (unpaired) electrons. The molecule has 0 amide bonds. The summed E-state index contributed by atoms with van der Waals surface area (Å²) in [6.07, 6.45) is 4.00. The minimum absolute atomic E-state index is 0.0000834. The van der Waals surface area contributed by atoms with E-state index in [0.29, 0.717) is 17.6 Å². The second kappa shape index (κ2) is 5.55. The molecule has 0 aromatic carbocycles. The van der Waals surface area contributed by atoms with Crippen LogP contribution in [0.3, 0.4) is 0 Å². The normalized spacial score (nSPS) is 48.5. The highest BCUT2D eigenvalue weighted by atomic mass is 16.6. The maximum Gasteiger partial charge on any atom is 0.303 e. The molecule has 7 atom stereocenters. The Labute approximate surface area is 165 Å². The maximum absolute atomic E-state index is 12.8. The molecule has 2 fully saturated rings. The molecule has 0 heterocycles. The van der Waals surface area contributed by atoms with Gasteiger partial charge in [-0.1, -0.05) is 32.9 Å². The van der Waals surface area contributed by atoms with Gasteiger partial charge in [0.25, 0.3) is 0 Å². The molecule has 0 aromatic rings. The van der Waals surface area contributed by atoms with Gasteiger partial charge < -0.3 is 20.1 Å². The fourth-order valence-electron chi connectivity index (χ4n) is 6.85. The van der Waals surface area contributed by atoms with Crippen molar-refractivity contribution in [1.82, 2.24) is 0 Å². The standard InChI is InChI=1S/C22H30O6/c1-11-6-16-20(26,18(11)25)9-14(10-23)7-15-17-19(4,5)21(17,28-13(3)24)8-12(2)22(15,16)27/h6-7,12,15-17,23,26-27H,8-10H2,1-5H3/t12-,15+,16?,17-,20-,21+,22?/m1/s1. The quantitative estimate of drug-likeness (QED) is 0.488. The second-order valence-corrected chi connectivity index (χ2v) is 9.94. The summed E-state index contributed by atoms with van der Waals surface area (Å²) >= 11 is 0. The van der Waals surface area contributed by atoms with E-state index in [0.717, 1.165) is 0 Å². The van der Waals surface area contributed by atoms with Gasteiger partial charge in [0.1, 0.15) is 11.2 Å². The topological polar surface area (TPSA) is 104 Å². The molecule has 0 spiro atoms. The third-order valence-electron chi connectivity index (χ3n) is 8.20. The predicted octanol–water partition coefficient (Wildman–Crippen LogP) is 1.53. The fourth-order valence-corrected chi connectivity index (χ4v) is 6.85. The molecule has 4 aliphatic carbocycles. The van der Waals surface area contributed by atoms with Gasteiger partial charge in [-0.2, -0.15) is 0 Å². The molecule has 4 rings (SSSR count). The molecule has 2 unspecified atom stereocenters. The summed E-state index contributed by atoms with van der Waals surface area (Å²) in [5.74, 6) is -2.42. The molecule has 0 saturated heterocycles. The van der Waals surface area contributed by atoms with Crippen molar-refractivity contribution in [2.24, 2.45) is 29.1 Å². The number of ether oxygens (including phenoxy) is 1. The smallest absolute Gasteiger partial charge is 0.303 e. The van der Waals surface area contributed by atoms with E-state index < -0.39 is 28.6 Å². The van der Waals surface area contributed by atoms with Crippen molar-refractivity contribution in [3.05, 3.63) is 23.3 Å². The zero-order chi connectivity index (χ0) is 20.9. The Hall–Kier alpha value is -1.50. The van der Waals surface area contributed by atoms with Crippen LogP contribution in [0, 0.1) is 29.1 Å². The van der Waals surface area contributed by atoms with Crippen molar-refractivity contribution < 1.29 is 29.6 Å². The van der Waals surface area contributed by atoms with Gasteiger partial charge in [0.05, 0.1) is 12.2 Å². The lowest BCUT2D eigenvalue weighted by Gasteiger charge is -2.50. The van der Waals surface area contributed by atoms with Crippen LogP contribution >= 0.6 is 0 Å². The van der Waals surface area contributed by atoms with E-state index in [-0.39, 0.29) is 42.0 Å². The van der Waals surface area contributed by atoms with Crippen molar-refractivity contribution in [3.63, 3.8) is 0 Å². The molecule has 0 bridgehead atoms. The average Bonchev–Trinajstić information content (AvgIpc) is 2.99. The zero-order valence-corrected chi connectivity index (χ0v) is 17.2. The fraction of sp³-hybridized carbons (Fsp3) is 0.727. The summed E-state index contributed by atoms with van der Waals surface area (Å²) in [4.78, 5) is 24.7. The maximum atomic E-state index is 12.8. The highest BCUT2D eigenvalue weighted by Crippen LogP contribution is 2.76. The van der Waals surface area contributed by atoms with Gasteiger partial charge in [0.15, 0.2) is 5.78 Å². The molecule has 3 N–H and O–H groups in total. The lowest BCUT2D eigenvalue weighted by atomic mass is 9.60. The lowest BCUT2D eigenvalue weighted by molar-refractivity contribution is -0.186. The third kappa shape index (κ3) is 2.09. The molecular formula is C22H30O6. The Morgan fingerprint density at radius 2 is 1.93 bits per heavy atom. The summed E-state index contributed by atoms with van der Waals surface area (Å²) in [5, 5.41) is 33.4. The van der Waals surface area contributed by atoms with Crippen LogP contribution in [0.2, 0.25) is 0 Å². The Bertz CT molecular complexity index is 825. The minimum atomic E-state index is -1.75. The number of fused-ring (bicyclic) bond motifs is 5. The average molecular weight is 390 g/mol. The SMILES string of the molecule is CC(=O)O[C@@]12C[C@@H](C)C3(O)C4C=C(C)C(=O)[C@@]4(O)CC(CO)=C[C@H]3[C@@H]1C2(C)C. The van der Waals surface area contributed by atoms with Crippen molar-refractivity contribution in [1.29, 1.82) is 0 Å². The first kappa shape index (κ1) is 19.8. The number of hydrogen-bond donors (Lipinski definition) is 3.